The first kappa shape index (κ1) is 15.1. The third-order valence-corrected chi connectivity index (χ3v) is 4.56. The molecule has 1 aliphatic rings. The number of hydrogen-bond donors (Lipinski definition) is 2. The molecule has 2 aromatic rings. The fraction of sp³-hybridized carbons (Fsp3) is 0.471. The lowest BCUT2D eigenvalue weighted by Gasteiger charge is -2.26. The fourth-order valence-electron chi connectivity index (χ4n) is 3.37. The summed E-state index contributed by atoms with van der Waals surface area (Å²) in [6.07, 6.45) is 3.04. The third kappa shape index (κ3) is 2.74. The standard InChI is InChI=1S/C17H23N3O2/c1-12-3-4-14-13(5-8-20-9-6-18-7-10-20)11-19(2)16(14)15(12)17(21)22/h3-4,11,18H,5-10H2,1-2H3,(H,21,22). The highest BCUT2D eigenvalue weighted by molar-refractivity contribution is 6.04. The van der Waals surface area contributed by atoms with Crippen LogP contribution in [0.2, 0.25) is 0 Å². The van der Waals surface area contributed by atoms with Gasteiger partial charge in [-0.3, -0.25) is 0 Å². The zero-order valence-corrected chi connectivity index (χ0v) is 13.2. The Kier molecular flexibility index (Phi) is 4.18. The molecule has 2 heterocycles. The Bertz CT molecular complexity index is 699. The van der Waals surface area contributed by atoms with Crippen molar-refractivity contribution in [3.63, 3.8) is 0 Å². The number of rotatable bonds is 4. The average molecular weight is 301 g/mol. The van der Waals surface area contributed by atoms with Crippen LogP contribution < -0.4 is 5.32 Å². The molecule has 0 amide bonds. The summed E-state index contributed by atoms with van der Waals surface area (Å²) in [7, 11) is 1.93. The number of nitrogens with zero attached hydrogens (tertiary/aromatic N) is 2. The Morgan fingerprint density at radius 2 is 2.05 bits per heavy atom. The number of aromatic carboxylic acids is 1. The van der Waals surface area contributed by atoms with Gasteiger partial charge >= 0.3 is 5.97 Å². The van der Waals surface area contributed by atoms with Gasteiger partial charge in [0.1, 0.15) is 0 Å². The predicted molar refractivity (Wildman–Crippen MR) is 87.6 cm³/mol. The summed E-state index contributed by atoms with van der Waals surface area (Å²) in [5.41, 5.74) is 3.31. The van der Waals surface area contributed by atoms with Crippen LogP contribution in [0, 0.1) is 6.92 Å². The van der Waals surface area contributed by atoms with Crippen molar-refractivity contribution in [3.8, 4) is 0 Å². The van der Waals surface area contributed by atoms with Gasteiger partial charge in [-0.2, -0.15) is 0 Å². The van der Waals surface area contributed by atoms with Gasteiger partial charge in [0.2, 0.25) is 0 Å². The lowest BCUT2D eigenvalue weighted by atomic mass is 10.0. The molecule has 22 heavy (non-hydrogen) atoms. The number of nitrogens with one attached hydrogen (secondary N) is 1. The summed E-state index contributed by atoms with van der Waals surface area (Å²) in [4.78, 5) is 14.0. The zero-order chi connectivity index (χ0) is 15.7. The van der Waals surface area contributed by atoms with Crippen LogP contribution in [0.4, 0.5) is 0 Å². The summed E-state index contributed by atoms with van der Waals surface area (Å²) in [5, 5.41) is 13.9. The van der Waals surface area contributed by atoms with Crippen molar-refractivity contribution >= 4 is 16.9 Å². The number of fused-ring (bicyclic) bond motifs is 1. The number of carbonyl (C=O) groups is 1. The maximum atomic E-state index is 11.6. The number of benzene rings is 1. The van der Waals surface area contributed by atoms with Gasteiger partial charge < -0.3 is 19.9 Å². The summed E-state index contributed by atoms with van der Waals surface area (Å²) in [6.45, 7) is 7.16. The Morgan fingerprint density at radius 1 is 1.32 bits per heavy atom. The molecule has 118 valence electrons. The molecule has 5 nitrogen and oxygen atoms in total. The van der Waals surface area contributed by atoms with Crippen LogP contribution in [-0.2, 0) is 13.5 Å². The van der Waals surface area contributed by atoms with E-state index in [1.54, 1.807) is 0 Å². The highest BCUT2D eigenvalue weighted by Crippen LogP contribution is 2.27. The molecule has 0 aliphatic carbocycles. The van der Waals surface area contributed by atoms with E-state index in [2.05, 4.69) is 22.5 Å². The van der Waals surface area contributed by atoms with Crippen LogP contribution in [-0.4, -0.2) is 53.3 Å². The second-order valence-corrected chi connectivity index (χ2v) is 6.07. The van der Waals surface area contributed by atoms with Crippen LogP contribution in [0.5, 0.6) is 0 Å². The van der Waals surface area contributed by atoms with Gasteiger partial charge in [-0.05, 0) is 24.5 Å². The molecule has 0 unspecified atom stereocenters. The molecule has 5 heteroatoms. The van der Waals surface area contributed by atoms with Gasteiger partial charge in [0.05, 0.1) is 11.1 Å². The van der Waals surface area contributed by atoms with Gasteiger partial charge in [0.15, 0.2) is 0 Å². The molecule has 1 aliphatic heterocycles. The van der Waals surface area contributed by atoms with Crippen molar-refractivity contribution in [2.45, 2.75) is 13.3 Å². The molecular formula is C17H23N3O2. The van der Waals surface area contributed by atoms with E-state index in [1.807, 2.05) is 24.6 Å². The molecule has 0 saturated carbocycles. The van der Waals surface area contributed by atoms with Gasteiger partial charge in [0, 0.05) is 51.4 Å². The first-order chi connectivity index (χ1) is 10.6. The molecule has 0 bridgehead atoms. The highest BCUT2D eigenvalue weighted by Gasteiger charge is 2.18. The van der Waals surface area contributed by atoms with E-state index in [0.717, 1.165) is 55.6 Å². The molecule has 1 saturated heterocycles. The van der Waals surface area contributed by atoms with Crippen molar-refractivity contribution in [1.29, 1.82) is 0 Å². The van der Waals surface area contributed by atoms with Crippen LogP contribution in [0.15, 0.2) is 18.3 Å². The monoisotopic (exact) mass is 301 g/mol. The number of piperazine rings is 1. The molecular weight excluding hydrogens is 278 g/mol. The lowest BCUT2D eigenvalue weighted by Crippen LogP contribution is -2.44. The van der Waals surface area contributed by atoms with Crippen LogP contribution in [0.25, 0.3) is 10.9 Å². The second-order valence-electron chi connectivity index (χ2n) is 6.07. The molecule has 1 fully saturated rings. The van der Waals surface area contributed by atoms with Crippen molar-refractivity contribution in [2.75, 3.05) is 32.7 Å². The maximum absolute atomic E-state index is 11.6. The molecule has 0 radical (unpaired) electrons. The number of hydrogen-bond acceptors (Lipinski definition) is 3. The summed E-state index contributed by atoms with van der Waals surface area (Å²) in [5.74, 6) is -0.849. The minimum absolute atomic E-state index is 0.424. The summed E-state index contributed by atoms with van der Waals surface area (Å²) in [6, 6.07) is 3.98. The smallest absolute Gasteiger partial charge is 0.338 e. The van der Waals surface area contributed by atoms with E-state index < -0.39 is 5.97 Å². The largest absolute Gasteiger partial charge is 0.478 e. The van der Waals surface area contributed by atoms with Crippen LogP contribution in [0.3, 0.4) is 0 Å². The predicted octanol–water partition coefficient (Wildman–Crippen LogP) is 1.63. The second kappa shape index (κ2) is 6.10. The number of carboxylic acid groups (broad SMARTS) is 1. The number of carboxylic acids is 1. The molecule has 0 atom stereocenters. The molecule has 1 aromatic heterocycles. The Labute approximate surface area is 130 Å². The minimum atomic E-state index is -0.849. The third-order valence-electron chi connectivity index (χ3n) is 4.56. The Balaban J connectivity index is 1.91. The van der Waals surface area contributed by atoms with E-state index in [-0.39, 0.29) is 0 Å². The SMILES string of the molecule is Cc1ccc2c(CCN3CCNCC3)cn(C)c2c1C(=O)O. The van der Waals surface area contributed by atoms with Crippen LogP contribution >= 0.6 is 0 Å². The van der Waals surface area contributed by atoms with E-state index in [0.29, 0.717) is 5.56 Å². The molecule has 0 spiro atoms. The van der Waals surface area contributed by atoms with Gasteiger partial charge in [-0.15, -0.1) is 0 Å². The quantitative estimate of drug-likeness (QED) is 0.901. The maximum Gasteiger partial charge on any atom is 0.338 e. The molecule has 2 N–H and O–H groups in total. The Hall–Kier alpha value is -1.85. The summed E-state index contributed by atoms with van der Waals surface area (Å²) < 4.78 is 1.96. The highest BCUT2D eigenvalue weighted by atomic mass is 16.4. The Morgan fingerprint density at radius 3 is 2.73 bits per heavy atom. The van der Waals surface area contributed by atoms with E-state index in [4.69, 9.17) is 0 Å². The zero-order valence-electron chi connectivity index (χ0n) is 13.2. The number of aryl methyl sites for hydroxylation is 2. The van der Waals surface area contributed by atoms with Gasteiger partial charge in [0.25, 0.3) is 0 Å². The van der Waals surface area contributed by atoms with Crippen molar-refractivity contribution in [3.05, 3.63) is 35.0 Å². The van der Waals surface area contributed by atoms with Crippen LogP contribution in [0.1, 0.15) is 21.5 Å². The molecule has 1 aromatic carbocycles. The van der Waals surface area contributed by atoms with E-state index in [9.17, 15) is 9.90 Å². The first-order valence-electron chi connectivity index (χ1n) is 7.82. The average Bonchev–Trinajstić information content (AvgIpc) is 2.82. The van der Waals surface area contributed by atoms with Crippen molar-refractivity contribution < 1.29 is 9.90 Å². The van der Waals surface area contributed by atoms with Gasteiger partial charge in [-0.1, -0.05) is 12.1 Å². The number of aromatic nitrogens is 1. The minimum Gasteiger partial charge on any atom is -0.478 e. The van der Waals surface area contributed by atoms with E-state index >= 15 is 0 Å². The lowest BCUT2D eigenvalue weighted by molar-refractivity contribution is 0.0698. The fourth-order valence-corrected chi connectivity index (χ4v) is 3.37. The van der Waals surface area contributed by atoms with Crippen molar-refractivity contribution in [1.82, 2.24) is 14.8 Å². The van der Waals surface area contributed by atoms with Gasteiger partial charge in [-0.25, -0.2) is 4.79 Å². The first-order valence-corrected chi connectivity index (χ1v) is 7.82. The van der Waals surface area contributed by atoms with E-state index in [1.165, 1.54) is 5.56 Å². The summed E-state index contributed by atoms with van der Waals surface area (Å²) >= 11 is 0. The normalized spacial score (nSPS) is 16.3. The topological polar surface area (TPSA) is 57.5 Å². The van der Waals surface area contributed by atoms with Crippen molar-refractivity contribution in [2.24, 2.45) is 7.05 Å². The molecule has 3 rings (SSSR count).